The van der Waals surface area contributed by atoms with E-state index in [2.05, 4.69) is 0 Å². The van der Waals surface area contributed by atoms with E-state index < -0.39 is 28.5 Å². The summed E-state index contributed by atoms with van der Waals surface area (Å²) in [6.45, 7) is 0.260. The average molecular weight is 327 g/mol. The summed E-state index contributed by atoms with van der Waals surface area (Å²) in [6, 6.07) is 11.3. The maximum absolute atomic E-state index is 13.2. The minimum Gasteiger partial charge on any atom is -0.505 e. The molecule has 3 N–H and O–H groups in total. The quantitative estimate of drug-likeness (QED) is 0.691. The summed E-state index contributed by atoms with van der Waals surface area (Å²) >= 11 is 0. The van der Waals surface area contributed by atoms with Crippen molar-refractivity contribution in [3.05, 3.63) is 76.5 Å². The third-order valence-corrected chi connectivity index (χ3v) is 3.67. The first-order chi connectivity index (χ1) is 11.5. The first-order valence-electron chi connectivity index (χ1n) is 7.14. The minimum absolute atomic E-state index is 0.260. The highest BCUT2D eigenvalue weighted by Gasteiger charge is 2.10. The highest BCUT2D eigenvalue weighted by Crippen LogP contribution is 2.29. The Bertz CT molecular complexity index is 939. The van der Waals surface area contributed by atoms with Crippen LogP contribution in [0.4, 0.5) is 4.39 Å². The molecule has 0 aliphatic rings. The van der Waals surface area contributed by atoms with Crippen molar-refractivity contribution in [1.82, 2.24) is 4.57 Å². The predicted molar refractivity (Wildman–Crippen MR) is 86.6 cm³/mol. The van der Waals surface area contributed by atoms with Crippen molar-refractivity contribution in [3.63, 3.8) is 0 Å². The molecule has 6 heteroatoms. The number of rotatable bonds is 3. The van der Waals surface area contributed by atoms with E-state index >= 15 is 0 Å². The summed E-state index contributed by atoms with van der Waals surface area (Å²) in [7, 11) is 0. The van der Waals surface area contributed by atoms with Gasteiger partial charge in [-0.25, -0.2) is 4.39 Å². The van der Waals surface area contributed by atoms with Crippen molar-refractivity contribution < 1.29 is 19.7 Å². The second kappa shape index (κ2) is 6.08. The van der Waals surface area contributed by atoms with Gasteiger partial charge in [-0.05, 0) is 28.8 Å². The largest absolute Gasteiger partial charge is 0.505 e. The molecule has 0 spiro atoms. The summed E-state index contributed by atoms with van der Waals surface area (Å²) in [5.74, 6) is -2.24. The molecule has 122 valence electrons. The molecule has 0 fully saturated rings. The number of phenolic OH excluding ortho intramolecular Hbond substituents is 1. The van der Waals surface area contributed by atoms with Gasteiger partial charge in [0.25, 0.3) is 5.43 Å². The number of halogens is 1. The third kappa shape index (κ3) is 2.94. The van der Waals surface area contributed by atoms with Crippen molar-refractivity contribution in [1.29, 1.82) is 0 Å². The lowest BCUT2D eigenvalue weighted by atomic mass is 9.99. The lowest BCUT2D eigenvalue weighted by molar-refractivity contribution is 0.429. The standard InChI is InChI=1S/C18H14FNO4/c19-14-6-5-11(7-15(14)21)13-4-2-1-3-12(13)8-20-9-16(22)18(24)17(23)10-20/h1-7,9-10,21-23H,8H2. The summed E-state index contributed by atoms with van der Waals surface area (Å²) in [5.41, 5.74) is 1.35. The van der Waals surface area contributed by atoms with Gasteiger partial charge in [0.2, 0.25) is 0 Å². The van der Waals surface area contributed by atoms with Crippen LogP contribution in [0.25, 0.3) is 11.1 Å². The van der Waals surface area contributed by atoms with E-state index in [4.69, 9.17) is 0 Å². The number of benzene rings is 2. The van der Waals surface area contributed by atoms with Gasteiger partial charge in [-0.2, -0.15) is 0 Å². The zero-order valence-corrected chi connectivity index (χ0v) is 12.5. The van der Waals surface area contributed by atoms with Gasteiger partial charge in [0.05, 0.1) is 12.4 Å². The van der Waals surface area contributed by atoms with Crippen LogP contribution in [0.15, 0.2) is 59.7 Å². The molecule has 0 aliphatic carbocycles. The lowest BCUT2D eigenvalue weighted by Gasteiger charge is -2.13. The van der Waals surface area contributed by atoms with E-state index in [1.165, 1.54) is 29.1 Å². The van der Waals surface area contributed by atoms with Crippen LogP contribution < -0.4 is 5.43 Å². The maximum Gasteiger partial charge on any atom is 0.264 e. The number of aromatic hydroxyl groups is 3. The van der Waals surface area contributed by atoms with Crippen molar-refractivity contribution in [2.24, 2.45) is 0 Å². The Hall–Kier alpha value is -3.28. The highest BCUT2D eigenvalue weighted by atomic mass is 19.1. The van der Waals surface area contributed by atoms with Gasteiger partial charge < -0.3 is 19.9 Å². The van der Waals surface area contributed by atoms with E-state index in [1.54, 1.807) is 12.1 Å². The summed E-state index contributed by atoms with van der Waals surface area (Å²) in [6.07, 6.45) is 2.45. The van der Waals surface area contributed by atoms with Crippen molar-refractivity contribution in [2.75, 3.05) is 0 Å². The molecule has 1 heterocycles. The zero-order valence-electron chi connectivity index (χ0n) is 12.5. The molecule has 0 saturated carbocycles. The Morgan fingerprint density at radius 3 is 2.25 bits per heavy atom. The summed E-state index contributed by atoms with van der Waals surface area (Å²) < 4.78 is 14.7. The molecule has 3 rings (SSSR count). The van der Waals surface area contributed by atoms with Crippen LogP contribution in [0.2, 0.25) is 0 Å². The van der Waals surface area contributed by atoms with Gasteiger partial charge in [-0.15, -0.1) is 0 Å². The molecule has 0 atom stereocenters. The first kappa shape index (κ1) is 15.6. The molecule has 0 aliphatic heterocycles. The molecule has 0 amide bonds. The van der Waals surface area contributed by atoms with Crippen LogP contribution in [0, 0.1) is 5.82 Å². The van der Waals surface area contributed by atoms with Gasteiger partial charge >= 0.3 is 0 Å². The molecule has 0 bridgehead atoms. The Kier molecular flexibility index (Phi) is 3.95. The van der Waals surface area contributed by atoms with E-state index in [9.17, 15) is 24.5 Å². The number of pyridine rings is 1. The second-order valence-corrected chi connectivity index (χ2v) is 5.35. The number of nitrogens with zero attached hydrogens (tertiary/aromatic N) is 1. The topological polar surface area (TPSA) is 82.7 Å². The molecule has 1 aromatic heterocycles. The predicted octanol–water partition coefficient (Wildman–Crippen LogP) is 2.82. The van der Waals surface area contributed by atoms with Gasteiger partial charge in [0, 0.05) is 6.54 Å². The van der Waals surface area contributed by atoms with Gasteiger partial charge in [-0.3, -0.25) is 4.79 Å². The number of aromatic nitrogens is 1. The van der Waals surface area contributed by atoms with E-state index in [0.29, 0.717) is 5.56 Å². The number of hydrogen-bond donors (Lipinski definition) is 3. The third-order valence-electron chi connectivity index (χ3n) is 3.67. The number of hydrogen-bond acceptors (Lipinski definition) is 4. The monoisotopic (exact) mass is 327 g/mol. The second-order valence-electron chi connectivity index (χ2n) is 5.35. The first-order valence-corrected chi connectivity index (χ1v) is 7.14. The SMILES string of the molecule is O=c1c(O)cn(Cc2ccccc2-c2ccc(F)c(O)c2)cc1O. The molecule has 0 unspecified atom stereocenters. The smallest absolute Gasteiger partial charge is 0.264 e. The summed E-state index contributed by atoms with van der Waals surface area (Å²) in [5, 5.41) is 28.7. The molecule has 0 radical (unpaired) electrons. The summed E-state index contributed by atoms with van der Waals surface area (Å²) in [4.78, 5) is 11.4. The van der Waals surface area contributed by atoms with E-state index in [0.717, 1.165) is 11.1 Å². The van der Waals surface area contributed by atoms with Gasteiger partial charge in [0.1, 0.15) is 0 Å². The Labute approximate surface area is 136 Å². The van der Waals surface area contributed by atoms with E-state index in [1.807, 2.05) is 18.2 Å². The fraction of sp³-hybridized carbons (Fsp3) is 0.0556. The molecule has 5 nitrogen and oxygen atoms in total. The normalized spacial score (nSPS) is 10.7. The van der Waals surface area contributed by atoms with Crippen LogP contribution in [0.1, 0.15) is 5.56 Å². The maximum atomic E-state index is 13.2. The highest BCUT2D eigenvalue weighted by molar-refractivity contribution is 5.68. The Morgan fingerprint density at radius 2 is 1.58 bits per heavy atom. The van der Waals surface area contributed by atoms with Crippen molar-refractivity contribution >= 4 is 0 Å². The zero-order chi connectivity index (χ0) is 17.3. The minimum atomic E-state index is -0.831. The Balaban J connectivity index is 2.04. The molecular formula is C18H14FNO4. The van der Waals surface area contributed by atoms with Gasteiger partial charge in [-0.1, -0.05) is 30.3 Å². The molecular weight excluding hydrogens is 313 g/mol. The molecule has 3 aromatic rings. The van der Waals surface area contributed by atoms with Crippen molar-refractivity contribution in [3.8, 4) is 28.4 Å². The fourth-order valence-electron chi connectivity index (χ4n) is 2.51. The Morgan fingerprint density at radius 1 is 0.917 bits per heavy atom. The molecule has 0 saturated heterocycles. The molecule has 2 aromatic carbocycles. The van der Waals surface area contributed by atoms with Crippen molar-refractivity contribution in [2.45, 2.75) is 6.54 Å². The number of phenols is 1. The van der Waals surface area contributed by atoms with Crippen LogP contribution >= 0.6 is 0 Å². The van der Waals surface area contributed by atoms with Crippen LogP contribution in [0.5, 0.6) is 17.2 Å². The van der Waals surface area contributed by atoms with Crippen LogP contribution in [0.3, 0.4) is 0 Å². The van der Waals surface area contributed by atoms with Crippen LogP contribution in [-0.4, -0.2) is 19.9 Å². The van der Waals surface area contributed by atoms with Crippen LogP contribution in [-0.2, 0) is 6.54 Å². The molecule has 24 heavy (non-hydrogen) atoms. The van der Waals surface area contributed by atoms with Gasteiger partial charge in [0.15, 0.2) is 23.1 Å². The lowest BCUT2D eigenvalue weighted by Crippen LogP contribution is -2.08. The van der Waals surface area contributed by atoms with E-state index in [-0.39, 0.29) is 6.54 Å². The fourth-order valence-corrected chi connectivity index (χ4v) is 2.51. The average Bonchev–Trinajstić information content (AvgIpc) is 2.56.